The van der Waals surface area contributed by atoms with Crippen molar-refractivity contribution in [2.75, 3.05) is 6.61 Å². The summed E-state index contributed by atoms with van der Waals surface area (Å²) >= 11 is 0. The van der Waals surface area contributed by atoms with Gasteiger partial charge in [0.15, 0.2) is 0 Å². The Bertz CT molecular complexity index is 1800. The zero-order valence-electron chi connectivity index (χ0n) is 24.2. The van der Waals surface area contributed by atoms with Crippen molar-refractivity contribution in [3.8, 4) is 0 Å². The molecule has 7 heteroatoms. The van der Waals surface area contributed by atoms with E-state index in [1.54, 1.807) is 0 Å². The predicted octanol–water partition coefficient (Wildman–Crippen LogP) is 6.75. The topological polar surface area (TPSA) is 103 Å². The zero-order chi connectivity index (χ0) is 29.3. The Labute approximate surface area is 244 Å². The summed E-state index contributed by atoms with van der Waals surface area (Å²) in [7, 11) is 0. The largest absolute Gasteiger partial charge is 0.464 e. The van der Waals surface area contributed by atoms with Crippen LogP contribution in [0.2, 0.25) is 0 Å². The van der Waals surface area contributed by atoms with Gasteiger partial charge in [-0.1, -0.05) is 68.4 Å². The highest BCUT2D eigenvalue weighted by molar-refractivity contribution is 6.03. The van der Waals surface area contributed by atoms with Crippen molar-refractivity contribution in [1.29, 1.82) is 0 Å². The molecule has 0 saturated carbocycles. The number of H-pyrrole nitrogens is 3. The minimum Gasteiger partial charge on any atom is -0.464 e. The number of amides is 1. The molecule has 0 fully saturated rings. The smallest absolute Gasteiger partial charge is 0.328 e. The molecule has 214 valence electrons. The fourth-order valence-electron chi connectivity index (χ4n) is 5.87. The number of para-hydroxylation sites is 3. The summed E-state index contributed by atoms with van der Waals surface area (Å²) in [6, 6.07) is 23.0. The minimum atomic E-state index is -1.13. The van der Waals surface area contributed by atoms with E-state index in [0.29, 0.717) is 18.9 Å². The van der Waals surface area contributed by atoms with E-state index in [4.69, 9.17) is 4.74 Å². The second kappa shape index (κ2) is 11.2. The van der Waals surface area contributed by atoms with Crippen LogP contribution in [-0.2, 0) is 26.2 Å². The number of aromatic amines is 3. The number of hydrogen-bond donors (Lipinski definition) is 4. The fraction of sp³-hybridized carbons (Fsp3) is 0.257. The summed E-state index contributed by atoms with van der Waals surface area (Å²) in [5, 5.41) is 6.07. The van der Waals surface area contributed by atoms with Gasteiger partial charge in [-0.3, -0.25) is 4.79 Å². The Morgan fingerprint density at radius 3 is 1.83 bits per heavy atom. The monoisotopic (exact) mass is 560 g/mol. The molecule has 7 nitrogen and oxygen atoms in total. The molecule has 1 amide bonds. The van der Waals surface area contributed by atoms with Crippen molar-refractivity contribution in [2.24, 2.45) is 5.92 Å². The van der Waals surface area contributed by atoms with E-state index >= 15 is 0 Å². The van der Waals surface area contributed by atoms with Gasteiger partial charge in [0.2, 0.25) is 5.91 Å². The maximum absolute atomic E-state index is 14.7. The number of rotatable bonds is 10. The van der Waals surface area contributed by atoms with E-state index in [1.165, 1.54) is 0 Å². The highest BCUT2D eigenvalue weighted by Crippen LogP contribution is 2.40. The van der Waals surface area contributed by atoms with Crippen LogP contribution in [0.25, 0.3) is 32.7 Å². The van der Waals surface area contributed by atoms with Gasteiger partial charge in [0.05, 0.1) is 6.61 Å². The molecule has 0 saturated heterocycles. The SMILES string of the molecule is CC(C)CCOC(=O)[C@H](Cc1c[nH]c2ccccc12)NC(=O)C(C)(c1c[nH]c2ccccc12)c1c[nH]c2ccccc12. The second-order valence-corrected chi connectivity index (χ2v) is 11.6. The van der Waals surface area contributed by atoms with E-state index in [9.17, 15) is 9.59 Å². The number of ether oxygens (including phenoxy) is 1. The molecule has 3 aromatic carbocycles. The average molecular weight is 561 g/mol. The highest BCUT2D eigenvalue weighted by Gasteiger charge is 2.42. The molecule has 0 bridgehead atoms. The molecule has 0 spiro atoms. The van der Waals surface area contributed by atoms with Crippen LogP contribution in [0.5, 0.6) is 0 Å². The standard InChI is InChI=1S/C35H36N4O3/c1-22(2)16-17-42-33(40)32(18-23-19-36-29-13-7-4-10-24(23)29)39-34(41)35(3,27-20-37-30-14-8-5-11-25(27)30)28-21-38-31-15-9-6-12-26(28)31/h4-15,19-22,32,36-38H,16-18H2,1-3H3,(H,39,41)/t32-/m0/s1. The molecular weight excluding hydrogens is 524 g/mol. The zero-order valence-corrected chi connectivity index (χ0v) is 24.2. The van der Waals surface area contributed by atoms with E-state index in [2.05, 4.69) is 34.1 Å². The molecule has 0 aliphatic heterocycles. The van der Waals surface area contributed by atoms with Crippen LogP contribution in [-0.4, -0.2) is 39.5 Å². The van der Waals surface area contributed by atoms with Crippen molar-refractivity contribution in [1.82, 2.24) is 20.3 Å². The van der Waals surface area contributed by atoms with E-state index in [-0.39, 0.29) is 5.91 Å². The quantitative estimate of drug-likeness (QED) is 0.139. The lowest BCUT2D eigenvalue weighted by atomic mass is 9.75. The lowest BCUT2D eigenvalue weighted by Crippen LogP contribution is -2.51. The first kappa shape index (κ1) is 27.4. The van der Waals surface area contributed by atoms with Gasteiger partial charge in [-0.15, -0.1) is 0 Å². The molecule has 6 aromatic rings. The summed E-state index contributed by atoms with van der Waals surface area (Å²) < 4.78 is 5.74. The van der Waals surface area contributed by atoms with Crippen LogP contribution < -0.4 is 5.32 Å². The highest BCUT2D eigenvalue weighted by atomic mass is 16.5. The first-order valence-electron chi connectivity index (χ1n) is 14.5. The van der Waals surface area contributed by atoms with Gasteiger partial charge < -0.3 is 25.0 Å². The summed E-state index contributed by atoms with van der Waals surface area (Å²) in [6.07, 6.45) is 6.77. The van der Waals surface area contributed by atoms with E-state index in [0.717, 1.165) is 55.8 Å². The summed E-state index contributed by atoms with van der Waals surface area (Å²) in [5.74, 6) is -0.316. The molecule has 0 aliphatic carbocycles. The fourth-order valence-corrected chi connectivity index (χ4v) is 5.87. The molecule has 1 atom stereocenters. The third kappa shape index (κ3) is 4.96. The Balaban J connectivity index is 1.42. The molecule has 0 unspecified atom stereocenters. The van der Waals surface area contributed by atoms with Gasteiger partial charge in [-0.25, -0.2) is 4.79 Å². The summed E-state index contributed by atoms with van der Waals surface area (Å²) in [5.41, 5.74) is 4.34. The molecule has 0 aliphatic rings. The number of hydrogen-bond acceptors (Lipinski definition) is 3. The van der Waals surface area contributed by atoms with Gasteiger partial charge in [0.25, 0.3) is 0 Å². The van der Waals surface area contributed by atoms with Gasteiger partial charge >= 0.3 is 5.97 Å². The molecule has 0 radical (unpaired) electrons. The Morgan fingerprint density at radius 2 is 1.26 bits per heavy atom. The average Bonchev–Trinajstić information content (AvgIpc) is 3.73. The van der Waals surface area contributed by atoms with E-state index < -0.39 is 17.4 Å². The minimum absolute atomic E-state index is 0.275. The van der Waals surface area contributed by atoms with Crippen molar-refractivity contribution in [3.63, 3.8) is 0 Å². The van der Waals surface area contributed by atoms with Crippen LogP contribution in [0.1, 0.15) is 43.9 Å². The molecule has 3 heterocycles. The number of carbonyl (C=O) groups is 2. The molecule has 3 aromatic heterocycles. The maximum atomic E-state index is 14.7. The van der Waals surface area contributed by atoms with Crippen LogP contribution in [0.15, 0.2) is 91.4 Å². The first-order valence-corrected chi connectivity index (χ1v) is 14.5. The number of benzene rings is 3. The molecule has 6 rings (SSSR count). The lowest BCUT2D eigenvalue weighted by molar-refractivity contribution is -0.148. The Kier molecular flexibility index (Phi) is 7.33. The maximum Gasteiger partial charge on any atom is 0.328 e. The number of nitrogens with one attached hydrogen (secondary N) is 4. The van der Waals surface area contributed by atoms with Gasteiger partial charge in [-0.05, 0) is 54.2 Å². The van der Waals surface area contributed by atoms with Gasteiger partial charge in [0.1, 0.15) is 11.5 Å². The van der Waals surface area contributed by atoms with Crippen molar-refractivity contribution >= 4 is 44.6 Å². The molecule has 42 heavy (non-hydrogen) atoms. The van der Waals surface area contributed by atoms with Crippen molar-refractivity contribution < 1.29 is 14.3 Å². The third-order valence-corrected chi connectivity index (χ3v) is 8.34. The summed E-state index contributed by atoms with van der Waals surface area (Å²) in [6.45, 7) is 6.42. The predicted molar refractivity (Wildman–Crippen MR) is 167 cm³/mol. The molecule has 4 N–H and O–H groups in total. The van der Waals surface area contributed by atoms with Crippen LogP contribution in [0, 0.1) is 5.92 Å². The lowest BCUT2D eigenvalue weighted by Gasteiger charge is -2.30. The Morgan fingerprint density at radius 1 is 0.762 bits per heavy atom. The summed E-state index contributed by atoms with van der Waals surface area (Å²) in [4.78, 5) is 38.2. The third-order valence-electron chi connectivity index (χ3n) is 8.34. The first-order chi connectivity index (χ1) is 20.4. The van der Waals surface area contributed by atoms with Crippen LogP contribution >= 0.6 is 0 Å². The van der Waals surface area contributed by atoms with E-state index in [1.807, 2.05) is 98.3 Å². The second-order valence-electron chi connectivity index (χ2n) is 11.6. The number of fused-ring (bicyclic) bond motifs is 3. The van der Waals surface area contributed by atoms with Crippen molar-refractivity contribution in [2.45, 2.75) is 45.1 Å². The molecular formula is C35H36N4O3. The van der Waals surface area contributed by atoms with Crippen molar-refractivity contribution in [3.05, 3.63) is 108 Å². The number of aromatic nitrogens is 3. The number of carbonyl (C=O) groups excluding carboxylic acids is 2. The van der Waals surface area contributed by atoms with Gasteiger partial charge in [-0.2, -0.15) is 0 Å². The number of esters is 1. The van der Waals surface area contributed by atoms with Crippen LogP contribution in [0.3, 0.4) is 0 Å². The van der Waals surface area contributed by atoms with Crippen LogP contribution in [0.4, 0.5) is 0 Å². The van der Waals surface area contributed by atoms with Gasteiger partial charge in [0, 0.05) is 57.7 Å². The Hall–Kier alpha value is -4.78. The normalized spacial score (nSPS) is 12.8.